The predicted octanol–water partition coefficient (Wildman–Crippen LogP) is 2.63. The van der Waals surface area contributed by atoms with Gasteiger partial charge in [-0.1, -0.05) is 11.2 Å². The van der Waals surface area contributed by atoms with Crippen molar-refractivity contribution in [2.45, 2.75) is 20.4 Å². The maximum absolute atomic E-state index is 12.9. The first-order valence-electron chi connectivity index (χ1n) is 8.10. The van der Waals surface area contributed by atoms with Gasteiger partial charge in [0.05, 0.1) is 18.0 Å². The standard InChI is InChI=1S/C17H14N4O5S/c1-3-24-17(23)12-9(2)25-15-13(12)16(22)21(8-18-15)7-11-19-14(26-20-11)10-5-4-6-27-10/h4-6,8H,3,7H2,1-2H3. The number of thiophene rings is 1. The molecule has 0 saturated heterocycles. The number of carbonyl (C=O) groups is 1. The molecule has 0 aliphatic heterocycles. The lowest BCUT2D eigenvalue weighted by Gasteiger charge is -2.02. The number of hydrogen-bond acceptors (Lipinski definition) is 9. The Morgan fingerprint density at radius 3 is 3.00 bits per heavy atom. The summed E-state index contributed by atoms with van der Waals surface area (Å²) in [4.78, 5) is 34.3. The van der Waals surface area contributed by atoms with Crippen LogP contribution < -0.4 is 5.56 Å². The van der Waals surface area contributed by atoms with Gasteiger partial charge in [-0.2, -0.15) is 4.98 Å². The highest BCUT2D eigenvalue weighted by Gasteiger charge is 2.24. The lowest BCUT2D eigenvalue weighted by molar-refractivity contribution is 0.0526. The number of ether oxygens (including phenoxy) is 1. The molecule has 0 amide bonds. The van der Waals surface area contributed by atoms with Gasteiger partial charge < -0.3 is 13.7 Å². The van der Waals surface area contributed by atoms with Crippen LogP contribution in [0.4, 0.5) is 0 Å². The van der Waals surface area contributed by atoms with E-state index in [2.05, 4.69) is 15.1 Å². The molecule has 0 spiro atoms. The Morgan fingerprint density at radius 2 is 2.26 bits per heavy atom. The normalized spacial score (nSPS) is 11.2. The number of furan rings is 1. The van der Waals surface area contributed by atoms with E-state index in [1.165, 1.54) is 22.2 Å². The number of aryl methyl sites for hydroxylation is 1. The molecule has 138 valence electrons. The average Bonchev–Trinajstić information content (AvgIpc) is 3.36. The van der Waals surface area contributed by atoms with E-state index in [0.717, 1.165) is 4.88 Å². The summed E-state index contributed by atoms with van der Waals surface area (Å²) in [6.07, 6.45) is 1.32. The maximum Gasteiger partial charge on any atom is 0.342 e. The van der Waals surface area contributed by atoms with Gasteiger partial charge in [0, 0.05) is 0 Å². The van der Waals surface area contributed by atoms with E-state index >= 15 is 0 Å². The highest BCUT2D eigenvalue weighted by molar-refractivity contribution is 7.13. The van der Waals surface area contributed by atoms with Crippen molar-refractivity contribution in [2.75, 3.05) is 6.61 Å². The van der Waals surface area contributed by atoms with E-state index in [4.69, 9.17) is 13.7 Å². The van der Waals surface area contributed by atoms with Crippen molar-refractivity contribution in [3.8, 4) is 10.8 Å². The van der Waals surface area contributed by atoms with Gasteiger partial charge in [-0.05, 0) is 25.3 Å². The van der Waals surface area contributed by atoms with Crippen LogP contribution in [0.2, 0.25) is 0 Å². The molecule has 0 aliphatic carbocycles. The van der Waals surface area contributed by atoms with Crippen LogP contribution >= 0.6 is 11.3 Å². The Hall–Kier alpha value is -3.27. The number of esters is 1. The molecule has 4 rings (SSSR count). The highest BCUT2D eigenvalue weighted by atomic mass is 32.1. The second-order valence-corrected chi connectivity index (χ2v) is 6.55. The fourth-order valence-electron chi connectivity index (χ4n) is 2.67. The van der Waals surface area contributed by atoms with E-state index in [1.54, 1.807) is 13.8 Å². The Balaban J connectivity index is 1.73. The molecule has 9 nitrogen and oxygen atoms in total. The van der Waals surface area contributed by atoms with Crippen LogP contribution in [0, 0.1) is 6.92 Å². The molecule has 0 aliphatic rings. The fourth-order valence-corrected chi connectivity index (χ4v) is 3.31. The van der Waals surface area contributed by atoms with Crippen LogP contribution in [0.5, 0.6) is 0 Å². The van der Waals surface area contributed by atoms with E-state index in [-0.39, 0.29) is 35.6 Å². The molecule has 0 bridgehead atoms. The minimum Gasteiger partial charge on any atom is -0.462 e. The summed E-state index contributed by atoms with van der Waals surface area (Å²) in [5, 5.41) is 5.88. The van der Waals surface area contributed by atoms with Crippen molar-refractivity contribution < 1.29 is 18.5 Å². The van der Waals surface area contributed by atoms with Gasteiger partial charge in [0.1, 0.15) is 23.0 Å². The summed E-state index contributed by atoms with van der Waals surface area (Å²) < 4.78 is 17.0. The van der Waals surface area contributed by atoms with Gasteiger partial charge in [-0.3, -0.25) is 9.36 Å². The molecule has 0 atom stereocenters. The van der Waals surface area contributed by atoms with Crippen molar-refractivity contribution in [3.05, 3.63) is 51.3 Å². The third kappa shape index (κ3) is 3.04. The van der Waals surface area contributed by atoms with Gasteiger partial charge in [0.25, 0.3) is 11.4 Å². The SMILES string of the molecule is CCOC(=O)c1c(C)oc2ncn(Cc3noc(-c4cccs4)n3)c(=O)c12. The van der Waals surface area contributed by atoms with Gasteiger partial charge in [0.2, 0.25) is 5.71 Å². The summed E-state index contributed by atoms with van der Waals surface area (Å²) in [5.74, 6) is 0.364. The average molecular weight is 386 g/mol. The lowest BCUT2D eigenvalue weighted by atomic mass is 10.2. The first kappa shape index (κ1) is 17.2. The minimum absolute atomic E-state index is 0.0448. The predicted molar refractivity (Wildman–Crippen MR) is 95.7 cm³/mol. The molecule has 10 heteroatoms. The van der Waals surface area contributed by atoms with Gasteiger partial charge >= 0.3 is 5.97 Å². The number of fused-ring (bicyclic) bond motifs is 1. The van der Waals surface area contributed by atoms with Gasteiger partial charge in [-0.15, -0.1) is 11.3 Å². The molecule has 4 aromatic rings. The van der Waals surface area contributed by atoms with Crippen LogP contribution in [0.3, 0.4) is 0 Å². The molecule has 4 heterocycles. The summed E-state index contributed by atoms with van der Waals surface area (Å²) >= 11 is 1.47. The highest BCUT2D eigenvalue weighted by Crippen LogP contribution is 2.23. The largest absolute Gasteiger partial charge is 0.462 e. The molecule has 4 aromatic heterocycles. The van der Waals surface area contributed by atoms with Crippen LogP contribution in [0.1, 0.15) is 28.9 Å². The Labute approximate surface area is 156 Å². The summed E-state index contributed by atoms with van der Waals surface area (Å²) in [6.45, 7) is 3.51. The number of nitrogens with zero attached hydrogens (tertiary/aromatic N) is 4. The van der Waals surface area contributed by atoms with E-state index in [9.17, 15) is 9.59 Å². The number of carbonyl (C=O) groups excluding carboxylic acids is 1. The first-order valence-corrected chi connectivity index (χ1v) is 8.98. The van der Waals surface area contributed by atoms with Crippen molar-refractivity contribution in [1.29, 1.82) is 0 Å². The van der Waals surface area contributed by atoms with Gasteiger partial charge in [0.15, 0.2) is 5.82 Å². The van der Waals surface area contributed by atoms with Gasteiger partial charge in [-0.25, -0.2) is 9.78 Å². The zero-order chi connectivity index (χ0) is 19.0. The topological polar surface area (TPSA) is 113 Å². The van der Waals surface area contributed by atoms with Crippen LogP contribution in [-0.2, 0) is 11.3 Å². The summed E-state index contributed by atoms with van der Waals surface area (Å²) in [7, 11) is 0. The molecule has 0 saturated carbocycles. The zero-order valence-electron chi connectivity index (χ0n) is 14.5. The fraction of sp³-hybridized carbons (Fsp3) is 0.235. The number of hydrogen-bond donors (Lipinski definition) is 0. The maximum atomic E-state index is 12.9. The summed E-state index contributed by atoms with van der Waals surface area (Å²) in [6, 6.07) is 3.74. The van der Waals surface area contributed by atoms with Crippen LogP contribution in [0.15, 0.2) is 37.6 Å². The van der Waals surface area contributed by atoms with Crippen LogP contribution in [0.25, 0.3) is 21.9 Å². The molecular formula is C17H14N4O5S. The molecule has 0 fully saturated rings. The number of rotatable bonds is 5. The summed E-state index contributed by atoms with van der Waals surface area (Å²) in [5.41, 5.74) is -0.266. The molecule has 0 N–H and O–H groups in total. The van der Waals surface area contributed by atoms with Crippen LogP contribution in [-0.4, -0.2) is 32.3 Å². The third-order valence-electron chi connectivity index (χ3n) is 3.85. The van der Waals surface area contributed by atoms with Crippen molar-refractivity contribution >= 4 is 28.4 Å². The molecular weight excluding hydrogens is 372 g/mol. The third-order valence-corrected chi connectivity index (χ3v) is 4.70. The van der Waals surface area contributed by atoms with E-state index in [1.807, 2.05) is 17.5 Å². The molecule has 0 radical (unpaired) electrons. The Bertz CT molecular complexity index is 1170. The smallest absolute Gasteiger partial charge is 0.342 e. The minimum atomic E-state index is -0.620. The Morgan fingerprint density at radius 1 is 1.41 bits per heavy atom. The van der Waals surface area contributed by atoms with Crippen molar-refractivity contribution in [1.82, 2.24) is 19.7 Å². The monoisotopic (exact) mass is 386 g/mol. The van der Waals surface area contributed by atoms with Crippen molar-refractivity contribution in [2.24, 2.45) is 0 Å². The molecule has 0 aromatic carbocycles. The zero-order valence-corrected chi connectivity index (χ0v) is 15.3. The number of aromatic nitrogens is 4. The lowest BCUT2D eigenvalue weighted by Crippen LogP contribution is -2.23. The van der Waals surface area contributed by atoms with Crippen molar-refractivity contribution in [3.63, 3.8) is 0 Å². The molecule has 0 unspecified atom stereocenters. The molecule has 27 heavy (non-hydrogen) atoms. The first-order chi connectivity index (χ1) is 13.1. The van der Waals surface area contributed by atoms with E-state index in [0.29, 0.717) is 11.7 Å². The Kier molecular flexibility index (Phi) is 4.32. The second kappa shape index (κ2) is 6.80. The van der Waals surface area contributed by atoms with E-state index < -0.39 is 11.5 Å². The quantitative estimate of drug-likeness (QED) is 0.481. The second-order valence-electron chi connectivity index (χ2n) is 5.60.